The fourth-order valence-corrected chi connectivity index (χ4v) is 3.29. The third kappa shape index (κ3) is 5.47. The number of hydrogen-bond donors (Lipinski definition) is 2. The van der Waals surface area contributed by atoms with Crippen molar-refractivity contribution in [3.63, 3.8) is 0 Å². The zero-order valence-electron chi connectivity index (χ0n) is 17.2. The highest BCUT2D eigenvalue weighted by Crippen LogP contribution is 2.19. The minimum absolute atomic E-state index is 0.0473. The summed E-state index contributed by atoms with van der Waals surface area (Å²) >= 11 is 0. The number of carbonyl (C=O) groups excluding carboxylic acids is 1. The van der Waals surface area contributed by atoms with Crippen LogP contribution in [-0.4, -0.2) is 24.5 Å². The van der Waals surface area contributed by atoms with Crippen LogP contribution < -0.4 is 15.6 Å². The Kier molecular flexibility index (Phi) is 6.70. The lowest BCUT2D eigenvalue weighted by molar-refractivity contribution is -0.121. The molecular weight excluding hydrogens is 364 g/mol. The van der Waals surface area contributed by atoms with Gasteiger partial charge in [0.15, 0.2) is 0 Å². The first-order valence-corrected chi connectivity index (χ1v) is 10.0. The van der Waals surface area contributed by atoms with Crippen LogP contribution in [0.3, 0.4) is 0 Å². The Labute approximate surface area is 171 Å². The quantitative estimate of drug-likeness (QED) is 0.610. The van der Waals surface area contributed by atoms with Gasteiger partial charge in [0.2, 0.25) is 5.91 Å². The van der Waals surface area contributed by atoms with Gasteiger partial charge in [-0.05, 0) is 54.2 Å². The second-order valence-electron chi connectivity index (χ2n) is 7.57. The van der Waals surface area contributed by atoms with Gasteiger partial charge in [-0.1, -0.05) is 38.1 Å². The number of pyridine rings is 1. The van der Waals surface area contributed by atoms with Gasteiger partial charge in [0.25, 0.3) is 5.56 Å². The normalized spacial score (nSPS) is 11.0. The van der Waals surface area contributed by atoms with Gasteiger partial charge in [-0.15, -0.1) is 0 Å². The molecule has 0 aliphatic carbocycles. The molecule has 0 radical (unpaired) electrons. The van der Waals surface area contributed by atoms with Crippen molar-refractivity contribution in [1.82, 2.24) is 10.3 Å². The summed E-state index contributed by atoms with van der Waals surface area (Å²) in [4.78, 5) is 27.3. The number of carbonyl (C=O) groups is 1. The van der Waals surface area contributed by atoms with Gasteiger partial charge in [-0.25, -0.2) is 0 Å². The van der Waals surface area contributed by atoms with E-state index in [4.69, 9.17) is 4.74 Å². The molecule has 1 aromatic heterocycles. The van der Waals surface area contributed by atoms with E-state index in [0.717, 1.165) is 23.1 Å². The molecule has 2 N–H and O–H groups in total. The summed E-state index contributed by atoms with van der Waals surface area (Å²) in [6, 6.07) is 15.8. The van der Waals surface area contributed by atoms with Crippen LogP contribution in [0.25, 0.3) is 10.9 Å². The van der Waals surface area contributed by atoms with Crippen molar-refractivity contribution in [1.29, 1.82) is 0 Å². The maximum absolute atomic E-state index is 12.3. The number of aromatic nitrogens is 1. The van der Waals surface area contributed by atoms with Crippen molar-refractivity contribution in [2.24, 2.45) is 0 Å². The molecule has 5 heteroatoms. The van der Waals surface area contributed by atoms with Gasteiger partial charge in [-0.2, -0.15) is 0 Å². The zero-order valence-corrected chi connectivity index (χ0v) is 17.2. The number of aromatic amines is 1. The summed E-state index contributed by atoms with van der Waals surface area (Å²) in [7, 11) is 1.61. The average Bonchev–Trinajstić information content (AvgIpc) is 2.72. The lowest BCUT2D eigenvalue weighted by Gasteiger charge is -2.08. The summed E-state index contributed by atoms with van der Waals surface area (Å²) in [5.41, 5.74) is 3.73. The molecule has 0 fully saturated rings. The minimum Gasteiger partial charge on any atom is -0.497 e. The van der Waals surface area contributed by atoms with Crippen LogP contribution in [0.1, 0.15) is 42.9 Å². The van der Waals surface area contributed by atoms with E-state index in [1.165, 1.54) is 11.1 Å². The third-order valence-electron chi connectivity index (χ3n) is 5.13. The second kappa shape index (κ2) is 9.41. The van der Waals surface area contributed by atoms with E-state index in [-0.39, 0.29) is 17.9 Å². The highest BCUT2D eigenvalue weighted by Gasteiger charge is 2.08. The predicted octanol–water partition coefficient (Wildman–Crippen LogP) is 3.95. The number of fused-ring (bicyclic) bond motifs is 1. The average molecular weight is 392 g/mol. The van der Waals surface area contributed by atoms with E-state index in [2.05, 4.69) is 48.4 Å². The molecule has 0 saturated carbocycles. The van der Waals surface area contributed by atoms with Gasteiger partial charge in [-0.3, -0.25) is 9.59 Å². The van der Waals surface area contributed by atoms with E-state index >= 15 is 0 Å². The molecule has 0 unspecified atom stereocenters. The molecule has 152 valence electrons. The number of aryl methyl sites for hydroxylation is 1. The Hall–Kier alpha value is -3.08. The topological polar surface area (TPSA) is 71.2 Å². The van der Waals surface area contributed by atoms with Crippen LogP contribution in [0, 0.1) is 0 Å². The number of H-pyrrole nitrogens is 1. The largest absolute Gasteiger partial charge is 0.497 e. The number of benzene rings is 2. The van der Waals surface area contributed by atoms with Crippen LogP contribution in [-0.2, 0) is 17.6 Å². The van der Waals surface area contributed by atoms with Crippen molar-refractivity contribution in [2.75, 3.05) is 13.7 Å². The second-order valence-corrected chi connectivity index (χ2v) is 7.57. The van der Waals surface area contributed by atoms with E-state index < -0.39 is 0 Å². The Morgan fingerprint density at radius 2 is 1.83 bits per heavy atom. The number of ether oxygens (including phenoxy) is 1. The number of rotatable bonds is 8. The van der Waals surface area contributed by atoms with Crippen molar-refractivity contribution >= 4 is 16.8 Å². The first kappa shape index (κ1) is 20.6. The molecule has 0 aliphatic heterocycles. The standard InChI is InChI=1S/C24H28N2O3/c1-16(2)18-6-4-17(5-7-18)12-13-25-23(27)11-8-19-14-20-15-21(29-3)9-10-22(20)26-24(19)28/h4-7,9-10,14-16H,8,11-13H2,1-3H3,(H,25,27)(H,26,28). The van der Waals surface area contributed by atoms with Crippen LogP contribution in [0.4, 0.5) is 0 Å². The third-order valence-corrected chi connectivity index (χ3v) is 5.13. The molecule has 0 atom stereocenters. The maximum Gasteiger partial charge on any atom is 0.251 e. The van der Waals surface area contributed by atoms with E-state index in [1.54, 1.807) is 7.11 Å². The molecule has 0 aliphatic rings. The van der Waals surface area contributed by atoms with Crippen LogP contribution in [0.2, 0.25) is 0 Å². The molecule has 29 heavy (non-hydrogen) atoms. The van der Waals surface area contributed by atoms with Gasteiger partial charge in [0.05, 0.1) is 7.11 Å². The van der Waals surface area contributed by atoms with Gasteiger partial charge in [0, 0.05) is 29.4 Å². The van der Waals surface area contributed by atoms with Gasteiger partial charge >= 0.3 is 0 Å². The molecule has 2 aromatic carbocycles. The predicted molar refractivity (Wildman–Crippen MR) is 117 cm³/mol. The summed E-state index contributed by atoms with van der Waals surface area (Å²) in [6.07, 6.45) is 1.47. The van der Waals surface area contributed by atoms with E-state index in [1.807, 2.05) is 24.3 Å². The zero-order chi connectivity index (χ0) is 20.8. The monoisotopic (exact) mass is 392 g/mol. The van der Waals surface area contributed by atoms with Crippen LogP contribution in [0.5, 0.6) is 5.75 Å². The fourth-order valence-electron chi connectivity index (χ4n) is 3.29. The minimum atomic E-state index is -0.152. The summed E-state index contributed by atoms with van der Waals surface area (Å²) in [5.74, 6) is 1.20. The van der Waals surface area contributed by atoms with E-state index in [9.17, 15) is 9.59 Å². The lowest BCUT2D eigenvalue weighted by atomic mass is 10.0. The molecule has 0 saturated heterocycles. The first-order valence-electron chi connectivity index (χ1n) is 10.0. The number of amides is 1. The number of nitrogens with one attached hydrogen (secondary N) is 2. The van der Waals surface area contributed by atoms with Gasteiger partial charge in [0.1, 0.15) is 5.75 Å². The molecule has 5 nitrogen and oxygen atoms in total. The molecular formula is C24H28N2O3. The van der Waals surface area contributed by atoms with E-state index in [0.29, 0.717) is 24.4 Å². The van der Waals surface area contributed by atoms with Crippen molar-refractivity contribution in [3.05, 3.63) is 75.6 Å². The number of hydrogen-bond acceptors (Lipinski definition) is 3. The van der Waals surface area contributed by atoms with Gasteiger partial charge < -0.3 is 15.0 Å². The van der Waals surface area contributed by atoms with Crippen molar-refractivity contribution in [3.8, 4) is 5.75 Å². The fraction of sp³-hybridized carbons (Fsp3) is 0.333. The molecule has 3 aromatic rings. The summed E-state index contributed by atoms with van der Waals surface area (Å²) in [6.45, 7) is 4.93. The maximum atomic E-state index is 12.3. The molecule has 3 rings (SSSR count). The Morgan fingerprint density at radius 1 is 1.07 bits per heavy atom. The van der Waals surface area contributed by atoms with Crippen LogP contribution in [0.15, 0.2) is 53.3 Å². The lowest BCUT2D eigenvalue weighted by Crippen LogP contribution is -2.26. The highest BCUT2D eigenvalue weighted by atomic mass is 16.5. The molecule has 1 amide bonds. The van der Waals surface area contributed by atoms with Crippen molar-refractivity contribution in [2.45, 2.75) is 39.0 Å². The summed E-state index contributed by atoms with van der Waals surface area (Å²) < 4.78 is 5.23. The molecule has 0 bridgehead atoms. The molecule has 0 spiro atoms. The molecule has 1 heterocycles. The Morgan fingerprint density at radius 3 is 2.52 bits per heavy atom. The Bertz CT molecular complexity index is 1040. The van der Waals surface area contributed by atoms with Crippen molar-refractivity contribution < 1.29 is 9.53 Å². The first-order chi connectivity index (χ1) is 14.0. The Balaban J connectivity index is 1.52. The SMILES string of the molecule is COc1ccc2[nH]c(=O)c(CCC(=O)NCCc3ccc(C(C)C)cc3)cc2c1. The van der Waals surface area contributed by atoms with Crippen LogP contribution >= 0.6 is 0 Å². The highest BCUT2D eigenvalue weighted by molar-refractivity contribution is 5.81. The summed E-state index contributed by atoms with van der Waals surface area (Å²) in [5, 5.41) is 3.84. The smallest absolute Gasteiger partial charge is 0.251 e. The number of methoxy groups -OCH3 is 1.